The molecule has 14 heteroatoms. The van der Waals surface area contributed by atoms with Crippen LogP contribution >= 0.6 is 0 Å². The molecule has 3 heterocycles. The quantitative estimate of drug-likeness (QED) is 0.158. The number of Topliss-reactive ketones (excluding diaryl/α,β-unsaturated/α-hetero) is 3. The zero-order valence-corrected chi connectivity index (χ0v) is 25.7. The topological polar surface area (TPSA) is 196 Å². The number of methoxy groups -OCH3 is 2. The molecule has 238 valence electrons. The summed E-state index contributed by atoms with van der Waals surface area (Å²) < 4.78 is 16.5. The van der Waals surface area contributed by atoms with E-state index < -0.39 is 66.0 Å². The van der Waals surface area contributed by atoms with Crippen molar-refractivity contribution in [3.05, 3.63) is 39.2 Å². The number of phenols is 1. The van der Waals surface area contributed by atoms with E-state index in [1.54, 1.807) is 18.9 Å². The lowest BCUT2D eigenvalue weighted by Crippen LogP contribution is -2.71. The number of fused-ring (bicyclic) bond motifs is 6. The highest BCUT2D eigenvalue weighted by Crippen LogP contribution is 2.56. The number of nitrogens with zero attached hydrogens (tertiary/aromatic N) is 3. The van der Waals surface area contributed by atoms with Crippen molar-refractivity contribution in [1.82, 2.24) is 15.1 Å². The fourth-order valence-electron chi connectivity index (χ4n) is 7.39. The van der Waals surface area contributed by atoms with Crippen LogP contribution in [-0.2, 0) is 35.1 Å². The second kappa shape index (κ2) is 11.7. The lowest BCUT2D eigenvalue weighted by atomic mass is 9.69. The number of nitriles is 1. The first-order valence-corrected chi connectivity index (χ1v) is 14.3. The number of aromatic hydroxyl groups is 1. The highest BCUT2D eigenvalue weighted by atomic mass is 16.6. The van der Waals surface area contributed by atoms with Crippen molar-refractivity contribution >= 4 is 29.2 Å². The van der Waals surface area contributed by atoms with Crippen LogP contribution in [0.15, 0.2) is 22.5 Å². The van der Waals surface area contributed by atoms with Crippen LogP contribution in [0.3, 0.4) is 0 Å². The fraction of sp³-hybridized carbons (Fsp3) is 0.484. The number of ketones is 3. The molecule has 0 aromatic heterocycles. The molecule has 5 atom stereocenters. The average Bonchev–Trinajstić information content (AvgIpc) is 3.01. The molecule has 1 saturated heterocycles. The second-order valence-corrected chi connectivity index (χ2v) is 11.5. The van der Waals surface area contributed by atoms with Crippen LogP contribution in [0.5, 0.6) is 17.2 Å². The van der Waals surface area contributed by atoms with Gasteiger partial charge in [0.05, 0.1) is 32.4 Å². The van der Waals surface area contributed by atoms with E-state index in [2.05, 4.69) is 11.4 Å². The number of amides is 1. The fourth-order valence-corrected chi connectivity index (χ4v) is 7.39. The van der Waals surface area contributed by atoms with Gasteiger partial charge in [-0.1, -0.05) is 0 Å². The molecule has 1 aliphatic carbocycles. The van der Waals surface area contributed by atoms with Crippen molar-refractivity contribution in [3.63, 3.8) is 0 Å². The van der Waals surface area contributed by atoms with Crippen molar-refractivity contribution < 1.29 is 48.4 Å². The largest absolute Gasteiger partial charge is 0.507 e. The minimum atomic E-state index is -1.02. The number of nitrogens with one attached hydrogen (secondary N) is 1. The van der Waals surface area contributed by atoms with Gasteiger partial charge < -0.3 is 29.7 Å². The number of ether oxygens (including phenoxy) is 3. The molecule has 5 rings (SSSR count). The van der Waals surface area contributed by atoms with Crippen molar-refractivity contribution in [2.75, 3.05) is 34.4 Å². The zero-order chi connectivity index (χ0) is 33.1. The molecule has 2 bridgehead atoms. The molecule has 14 nitrogen and oxygen atoms in total. The van der Waals surface area contributed by atoms with Gasteiger partial charge in [0.2, 0.25) is 11.6 Å². The predicted molar refractivity (Wildman–Crippen MR) is 154 cm³/mol. The summed E-state index contributed by atoms with van der Waals surface area (Å²) in [6, 6.07) is -1.62. The van der Waals surface area contributed by atoms with Crippen molar-refractivity contribution in [1.29, 1.82) is 5.26 Å². The van der Waals surface area contributed by atoms with Crippen LogP contribution in [0.1, 0.15) is 43.0 Å². The second-order valence-electron chi connectivity index (χ2n) is 11.5. The SMILES string of the molecule is COC1=C(C)C(=O)C2=C(C1=O)[C@H](CNC(=O)C(C)=O)N1[C@@H](C#N)[C@H]3Cc4c(O)c(C)c(OC)c(OC(=O)CO)c4[C@@H]([C@@H]1C2)N3C. The number of allylic oxidation sites excluding steroid dienone is 2. The number of rotatable bonds is 7. The first kappa shape index (κ1) is 31.8. The van der Waals surface area contributed by atoms with E-state index in [0.29, 0.717) is 16.7 Å². The Bertz CT molecular complexity index is 1650. The van der Waals surface area contributed by atoms with Crippen LogP contribution in [0.2, 0.25) is 0 Å². The minimum absolute atomic E-state index is 0.0162. The van der Waals surface area contributed by atoms with Gasteiger partial charge in [0, 0.05) is 59.0 Å². The molecule has 1 amide bonds. The normalized spacial score (nSPS) is 26.0. The maximum atomic E-state index is 13.9. The lowest BCUT2D eigenvalue weighted by molar-refractivity contribution is -0.138. The summed E-state index contributed by atoms with van der Waals surface area (Å²) >= 11 is 0. The summed E-state index contributed by atoms with van der Waals surface area (Å²) in [5.74, 6) is -3.81. The number of aliphatic hydroxyl groups excluding tert-OH is 1. The molecular weight excluding hydrogens is 588 g/mol. The maximum Gasteiger partial charge on any atom is 0.337 e. The first-order valence-electron chi connectivity index (χ1n) is 14.3. The third-order valence-corrected chi connectivity index (χ3v) is 9.36. The number of likely N-dealkylation sites (N-methyl/N-ethyl adjacent to an activating group) is 1. The Labute approximate surface area is 258 Å². The van der Waals surface area contributed by atoms with Gasteiger partial charge in [0.1, 0.15) is 18.4 Å². The molecule has 45 heavy (non-hydrogen) atoms. The number of piperazine rings is 1. The smallest absolute Gasteiger partial charge is 0.337 e. The molecule has 1 fully saturated rings. The Morgan fingerprint density at radius 1 is 1.07 bits per heavy atom. The summed E-state index contributed by atoms with van der Waals surface area (Å²) in [4.78, 5) is 68.1. The van der Waals surface area contributed by atoms with E-state index >= 15 is 0 Å². The number of hydrogen-bond acceptors (Lipinski definition) is 13. The number of phenolic OH excluding ortho intramolecular Hbond substituents is 1. The van der Waals surface area contributed by atoms with Crippen LogP contribution in [0.4, 0.5) is 0 Å². The van der Waals surface area contributed by atoms with E-state index in [-0.39, 0.29) is 59.1 Å². The lowest BCUT2D eigenvalue weighted by Gasteiger charge is -2.60. The van der Waals surface area contributed by atoms with E-state index in [1.165, 1.54) is 21.1 Å². The molecule has 3 aliphatic heterocycles. The maximum absolute atomic E-state index is 13.9. The molecule has 3 N–H and O–H groups in total. The number of hydrogen-bond donors (Lipinski definition) is 3. The number of aliphatic hydroxyl groups is 1. The van der Waals surface area contributed by atoms with Crippen LogP contribution in [0, 0.1) is 18.3 Å². The molecule has 0 saturated carbocycles. The van der Waals surface area contributed by atoms with Gasteiger partial charge in [-0.15, -0.1) is 0 Å². The molecule has 0 radical (unpaired) electrons. The van der Waals surface area contributed by atoms with Gasteiger partial charge in [0.25, 0.3) is 5.91 Å². The minimum Gasteiger partial charge on any atom is -0.507 e. The Morgan fingerprint density at radius 3 is 2.33 bits per heavy atom. The number of benzene rings is 1. The standard InChI is InChI=1S/C31H34N4O10/c1-12-25(39)15-8-18-24-23-16(26(40)13(2)29(44-6)30(23)45-21(38)11-36)7-17(34(24)4)19(9-32)35(18)20(10-33-31(42)14(3)37)22(15)27(41)28(12)43-5/h17-20,24,36,40H,7-8,10-11H2,1-6H3,(H,33,42)/t17-,18+,19+,20+,24-/m1/s1. The number of carbonyl (C=O) groups is 5. The molecular formula is C31H34N4O10. The number of carbonyl (C=O) groups excluding carboxylic acids is 5. The van der Waals surface area contributed by atoms with Crippen LogP contribution in [-0.4, -0.2) is 108 Å². The van der Waals surface area contributed by atoms with Gasteiger partial charge in [-0.3, -0.25) is 29.0 Å². The van der Waals surface area contributed by atoms with Crippen LogP contribution < -0.4 is 14.8 Å². The van der Waals surface area contributed by atoms with E-state index in [9.17, 15) is 39.4 Å². The first-order chi connectivity index (χ1) is 21.3. The van der Waals surface area contributed by atoms with Crippen molar-refractivity contribution in [2.45, 2.75) is 63.8 Å². The summed E-state index contributed by atoms with van der Waals surface area (Å²) in [6.07, 6.45) is 0.104. The highest BCUT2D eigenvalue weighted by molar-refractivity contribution is 6.35. The molecule has 0 unspecified atom stereocenters. The Kier molecular flexibility index (Phi) is 8.30. The zero-order valence-electron chi connectivity index (χ0n) is 25.7. The molecule has 0 spiro atoms. The molecule has 1 aromatic carbocycles. The predicted octanol–water partition coefficient (Wildman–Crippen LogP) is -0.0728. The van der Waals surface area contributed by atoms with Gasteiger partial charge in [-0.25, -0.2) is 4.79 Å². The van der Waals surface area contributed by atoms with Crippen LogP contribution in [0.25, 0.3) is 0 Å². The van der Waals surface area contributed by atoms with Gasteiger partial charge in [-0.05, 0) is 33.7 Å². The molecule has 1 aromatic rings. The molecule has 4 aliphatic rings. The van der Waals surface area contributed by atoms with Gasteiger partial charge in [-0.2, -0.15) is 5.26 Å². The monoisotopic (exact) mass is 622 g/mol. The average molecular weight is 623 g/mol. The van der Waals surface area contributed by atoms with Crippen molar-refractivity contribution in [2.24, 2.45) is 0 Å². The van der Waals surface area contributed by atoms with Gasteiger partial charge in [0.15, 0.2) is 23.0 Å². The summed E-state index contributed by atoms with van der Waals surface area (Å²) in [7, 11) is 4.40. The summed E-state index contributed by atoms with van der Waals surface area (Å²) in [5.41, 5.74) is 1.45. The summed E-state index contributed by atoms with van der Waals surface area (Å²) in [5, 5.41) is 34.1. The third-order valence-electron chi connectivity index (χ3n) is 9.36. The third kappa shape index (κ3) is 4.70. The Balaban J connectivity index is 1.78. The van der Waals surface area contributed by atoms with E-state index in [1.807, 2.05) is 4.90 Å². The van der Waals surface area contributed by atoms with Gasteiger partial charge >= 0.3 is 5.97 Å². The summed E-state index contributed by atoms with van der Waals surface area (Å²) in [6.45, 7) is 2.97. The van der Waals surface area contributed by atoms with E-state index in [4.69, 9.17) is 14.2 Å². The highest BCUT2D eigenvalue weighted by Gasteiger charge is 2.58. The number of esters is 1. The van der Waals surface area contributed by atoms with Crippen molar-refractivity contribution in [3.8, 4) is 23.3 Å². The Hall–Kier alpha value is -4.58. The Morgan fingerprint density at radius 2 is 1.76 bits per heavy atom. The van der Waals surface area contributed by atoms with E-state index in [0.717, 1.165) is 6.92 Å².